The highest BCUT2D eigenvalue weighted by molar-refractivity contribution is 5.66. The van der Waals surface area contributed by atoms with Crippen LogP contribution in [0, 0.1) is 0 Å². The molecule has 21 heavy (non-hydrogen) atoms. The van der Waals surface area contributed by atoms with Gasteiger partial charge in [-0.1, -0.05) is 19.1 Å². The van der Waals surface area contributed by atoms with Gasteiger partial charge in [0, 0.05) is 17.8 Å². The molecule has 0 amide bonds. The molecule has 1 aromatic heterocycles. The van der Waals surface area contributed by atoms with Crippen LogP contribution in [-0.4, -0.2) is 23.6 Å². The lowest BCUT2D eigenvalue weighted by molar-refractivity contribution is 0.416. The van der Waals surface area contributed by atoms with E-state index < -0.39 is 0 Å². The molecular weight excluding hydrogens is 262 g/mol. The molecule has 1 N–H and O–H groups in total. The first-order chi connectivity index (χ1) is 10.3. The Kier molecular flexibility index (Phi) is 4.04. The van der Waals surface area contributed by atoms with E-state index in [2.05, 4.69) is 12.2 Å². The van der Waals surface area contributed by atoms with E-state index in [1.807, 2.05) is 24.3 Å². The summed E-state index contributed by atoms with van der Waals surface area (Å²) in [6.07, 6.45) is 4.37. The third-order valence-electron chi connectivity index (χ3n) is 3.82. The molecule has 1 aliphatic carbocycles. The van der Waals surface area contributed by atoms with E-state index in [-0.39, 0.29) is 0 Å². The second kappa shape index (κ2) is 6.12. The molecule has 110 valence electrons. The van der Waals surface area contributed by atoms with E-state index in [4.69, 9.17) is 14.7 Å². The molecule has 4 heteroatoms. The van der Waals surface area contributed by atoms with Crippen molar-refractivity contribution < 1.29 is 4.74 Å². The Morgan fingerprint density at radius 2 is 2.05 bits per heavy atom. The number of nitrogens with one attached hydrogen (secondary N) is 1. The molecule has 0 unspecified atom stereocenters. The largest absolute Gasteiger partial charge is 0.496 e. The lowest BCUT2D eigenvalue weighted by Gasteiger charge is -2.13. The van der Waals surface area contributed by atoms with Gasteiger partial charge in [-0.25, -0.2) is 9.97 Å². The highest BCUT2D eigenvalue weighted by Crippen LogP contribution is 2.32. The number of hydrogen-bond donors (Lipinski definition) is 1. The van der Waals surface area contributed by atoms with Crippen molar-refractivity contribution in [1.29, 1.82) is 0 Å². The first-order valence-electron chi connectivity index (χ1n) is 7.60. The molecule has 0 fully saturated rings. The Hall–Kier alpha value is -2.10. The van der Waals surface area contributed by atoms with Crippen molar-refractivity contribution in [3.8, 4) is 17.1 Å². The Bertz CT molecular complexity index is 640. The van der Waals surface area contributed by atoms with Crippen molar-refractivity contribution in [2.45, 2.75) is 32.6 Å². The number of anilines is 1. The summed E-state index contributed by atoms with van der Waals surface area (Å²) in [6.45, 7) is 3.10. The van der Waals surface area contributed by atoms with E-state index in [0.717, 1.165) is 48.8 Å². The quantitative estimate of drug-likeness (QED) is 0.913. The predicted octanol–water partition coefficient (Wildman–Crippen LogP) is 3.46. The molecular formula is C17H21N3O. The molecule has 0 saturated carbocycles. The van der Waals surface area contributed by atoms with Crippen LogP contribution < -0.4 is 10.1 Å². The summed E-state index contributed by atoms with van der Waals surface area (Å²) in [6, 6.07) is 7.92. The molecule has 0 saturated heterocycles. The minimum Gasteiger partial charge on any atom is -0.496 e. The van der Waals surface area contributed by atoms with Crippen LogP contribution in [0.4, 0.5) is 5.82 Å². The number of methoxy groups -OCH3 is 1. The molecule has 0 radical (unpaired) electrons. The van der Waals surface area contributed by atoms with Gasteiger partial charge in [-0.2, -0.15) is 0 Å². The van der Waals surface area contributed by atoms with Gasteiger partial charge in [-0.05, 0) is 37.8 Å². The average molecular weight is 283 g/mol. The van der Waals surface area contributed by atoms with Crippen molar-refractivity contribution in [2.24, 2.45) is 0 Å². The fraction of sp³-hybridized carbons (Fsp3) is 0.412. The van der Waals surface area contributed by atoms with Crippen LogP contribution in [-0.2, 0) is 12.8 Å². The van der Waals surface area contributed by atoms with E-state index in [0.29, 0.717) is 0 Å². The van der Waals surface area contributed by atoms with E-state index in [1.165, 1.54) is 17.7 Å². The van der Waals surface area contributed by atoms with Crippen LogP contribution in [0.1, 0.15) is 31.0 Å². The summed E-state index contributed by atoms with van der Waals surface area (Å²) in [5, 5.41) is 3.45. The maximum Gasteiger partial charge on any atom is 0.165 e. The van der Waals surface area contributed by atoms with Crippen molar-refractivity contribution in [3.63, 3.8) is 0 Å². The minimum atomic E-state index is 0.756. The van der Waals surface area contributed by atoms with E-state index >= 15 is 0 Å². The maximum atomic E-state index is 5.44. The zero-order valence-corrected chi connectivity index (χ0v) is 12.6. The molecule has 1 aliphatic rings. The third kappa shape index (κ3) is 2.71. The van der Waals surface area contributed by atoms with Crippen LogP contribution in [0.25, 0.3) is 11.4 Å². The molecule has 0 atom stereocenters. The van der Waals surface area contributed by atoms with Gasteiger partial charge in [0.15, 0.2) is 5.82 Å². The Labute approximate surface area is 125 Å². The zero-order chi connectivity index (χ0) is 14.7. The molecule has 0 aliphatic heterocycles. The third-order valence-corrected chi connectivity index (χ3v) is 3.82. The normalized spacial score (nSPS) is 13.0. The topological polar surface area (TPSA) is 47.0 Å². The van der Waals surface area contributed by atoms with Crippen molar-refractivity contribution in [3.05, 3.63) is 35.5 Å². The van der Waals surface area contributed by atoms with Crippen molar-refractivity contribution in [2.75, 3.05) is 19.0 Å². The number of ether oxygens (including phenoxy) is 1. The van der Waals surface area contributed by atoms with Gasteiger partial charge in [0.25, 0.3) is 0 Å². The fourth-order valence-electron chi connectivity index (χ4n) is 2.77. The molecule has 0 spiro atoms. The number of nitrogens with zero attached hydrogens (tertiary/aromatic N) is 2. The smallest absolute Gasteiger partial charge is 0.165 e. The van der Waals surface area contributed by atoms with Gasteiger partial charge < -0.3 is 10.1 Å². The summed E-state index contributed by atoms with van der Waals surface area (Å²) in [5.41, 5.74) is 3.43. The molecule has 1 heterocycles. The molecule has 0 bridgehead atoms. The summed E-state index contributed by atoms with van der Waals surface area (Å²) in [5.74, 6) is 2.57. The fourth-order valence-corrected chi connectivity index (χ4v) is 2.77. The van der Waals surface area contributed by atoms with Gasteiger partial charge in [-0.15, -0.1) is 0 Å². The second-order valence-electron chi connectivity index (χ2n) is 5.30. The Balaban J connectivity index is 2.07. The van der Waals surface area contributed by atoms with Crippen LogP contribution in [0.3, 0.4) is 0 Å². The lowest BCUT2D eigenvalue weighted by atomic mass is 10.1. The first kappa shape index (κ1) is 13.9. The highest BCUT2D eigenvalue weighted by atomic mass is 16.5. The molecule has 2 aromatic rings. The molecule has 3 rings (SSSR count). The summed E-state index contributed by atoms with van der Waals surface area (Å²) >= 11 is 0. The zero-order valence-electron chi connectivity index (χ0n) is 12.6. The number of aromatic nitrogens is 2. The van der Waals surface area contributed by atoms with Gasteiger partial charge in [0.05, 0.1) is 12.7 Å². The Morgan fingerprint density at radius 3 is 2.86 bits per heavy atom. The molecule has 1 aromatic carbocycles. The Morgan fingerprint density at radius 1 is 1.19 bits per heavy atom. The maximum absolute atomic E-state index is 5.44. The summed E-state index contributed by atoms with van der Waals surface area (Å²) < 4.78 is 5.44. The number of benzene rings is 1. The summed E-state index contributed by atoms with van der Waals surface area (Å²) in [4.78, 5) is 9.53. The van der Waals surface area contributed by atoms with Crippen LogP contribution >= 0.6 is 0 Å². The number of rotatable bonds is 5. The monoisotopic (exact) mass is 283 g/mol. The van der Waals surface area contributed by atoms with E-state index in [1.54, 1.807) is 7.11 Å². The van der Waals surface area contributed by atoms with Crippen LogP contribution in [0.2, 0.25) is 0 Å². The van der Waals surface area contributed by atoms with Crippen molar-refractivity contribution >= 4 is 5.82 Å². The highest BCUT2D eigenvalue weighted by Gasteiger charge is 2.20. The lowest BCUT2D eigenvalue weighted by Crippen LogP contribution is -2.08. The average Bonchev–Trinajstić information content (AvgIpc) is 3.01. The van der Waals surface area contributed by atoms with Crippen LogP contribution in [0.15, 0.2) is 24.3 Å². The van der Waals surface area contributed by atoms with Gasteiger partial charge >= 0.3 is 0 Å². The van der Waals surface area contributed by atoms with E-state index in [9.17, 15) is 0 Å². The SMILES string of the molecule is CCCNc1nc(-c2ccccc2OC)nc2c1CCC2. The number of aryl methyl sites for hydroxylation is 1. The van der Waals surface area contributed by atoms with Gasteiger partial charge in [0.1, 0.15) is 11.6 Å². The first-order valence-corrected chi connectivity index (χ1v) is 7.60. The van der Waals surface area contributed by atoms with Crippen LogP contribution in [0.5, 0.6) is 5.75 Å². The van der Waals surface area contributed by atoms with Crippen molar-refractivity contribution in [1.82, 2.24) is 9.97 Å². The second-order valence-corrected chi connectivity index (χ2v) is 5.30. The predicted molar refractivity (Wildman–Crippen MR) is 84.8 cm³/mol. The van der Waals surface area contributed by atoms with Gasteiger partial charge in [-0.3, -0.25) is 0 Å². The minimum absolute atomic E-state index is 0.756. The summed E-state index contributed by atoms with van der Waals surface area (Å²) in [7, 11) is 1.68. The number of hydrogen-bond acceptors (Lipinski definition) is 4. The standard InChI is InChI=1S/C17H21N3O/c1-3-11-18-16-12-8-6-9-14(12)19-17(20-16)13-7-4-5-10-15(13)21-2/h4-5,7,10H,3,6,8-9,11H2,1-2H3,(H,18,19,20). The molecule has 4 nitrogen and oxygen atoms in total. The number of para-hydroxylation sites is 1. The number of fused-ring (bicyclic) bond motifs is 1. The van der Waals surface area contributed by atoms with Gasteiger partial charge in [0.2, 0.25) is 0 Å².